The molecule has 0 fully saturated rings. The molecule has 9 nitrogen and oxygen atoms in total. The molecule has 0 unspecified atom stereocenters. The summed E-state index contributed by atoms with van der Waals surface area (Å²) < 4.78 is 16.1. The molecule has 2 aromatic carbocycles. The van der Waals surface area contributed by atoms with E-state index < -0.39 is 0 Å². The molecule has 0 aliphatic heterocycles. The summed E-state index contributed by atoms with van der Waals surface area (Å²) in [6.45, 7) is 4.70. The smallest absolute Gasteiger partial charge is 0.261 e. The molecule has 0 aliphatic rings. The molecule has 0 amide bonds. The first-order chi connectivity index (χ1) is 17.6. The van der Waals surface area contributed by atoms with Crippen molar-refractivity contribution in [3.8, 4) is 11.5 Å². The fraction of sp³-hybridized carbons (Fsp3) is 0.296. The lowest BCUT2D eigenvalue weighted by molar-refractivity contribution is 0.158. The second kappa shape index (κ2) is 12.0. The normalized spacial score (nSPS) is 10.9. The van der Waals surface area contributed by atoms with Gasteiger partial charge in [-0.3, -0.25) is 4.79 Å². The first-order valence-electron chi connectivity index (χ1n) is 11.8. The van der Waals surface area contributed by atoms with Crippen LogP contribution in [0.2, 0.25) is 0 Å². The Morgan fingerprint density at radius 2 is 1.50 bits per heavy atom. The molecule has 2 aromatic heterocycles. The summed E-state index contributed by atoms with van der Waals surface area (Å²) >= 11 is 0. The number of methoxy groups -OCH3 is 2. The highest BCUT2D eigenvalue weighted by molar-refractivity contribution is 5.89. The van der Waals surface area contributed by atoms with Crippen molar-refractivity contribution in [3.63, 3.8) is 0 Å². The van der Waals surface area contributed by atoms with Crippen molar-refractivity contribution >= 4 is 22.7 Å². The number of aromatic nitrogens is 3. The van der Waals surface area contributed by atoms with Gasteiger partial charge < -0.3 is 29.4 Å². The number of rotatable bonds is 12. The Morgan fingerprint density at radius 1 is 0.889 bits per heavy atom. The molecule has 2 heterocycles. The number of aromatic amines is 1. The Morgan fingerprint density at radius 3 is 2.06 bits per heavy atom. The van der Waals surface area contributed by atoms with Crippen molar-refractivity contribution in [1.82, 2.24) is 15.0 Å². The summed E-state index contributed by atoms with van der Waals surface area (Å²) in [7, 11) is 3.30. The summed E-state index contributed by atoms with van der Waals surface area (Å²) in [5.41, 5.74) is 2.47. The topological polar surface area (TPSA) is 102 Å². The van der Waals surface area contributed by atoms with Crippen LogP contribution < -0.4 is 25.2 Å². The van der Waals surface area contributed by atoms with Crippen molar-refractivity contribution in [1.29, 1.82) is 0 Å². The molecule has 36 heavy (non-hydrogen) atoms. The van der Waals surface area contributed by atoms with E-state index in [1.54, 1.807) is 26.5 Å². The van der Waals surface area contributed by atoms with Gasteiger partial charge in [-0.15, -0.1) is 0 Å². The first kappa shape index (κ1) is 25.0. The molecule has 188 valence electrons. The van der Waals surface area contributed by atoms with E-state index in [1.165, 1.54) is 0 Å². The second-order valence-corrected chi connectivity index (χ2v) is 8.12. The summed E-state index contributed by atoms with van der Waals surface area (Å²) in [5, 5.41) is 3.68. The fourth-order valence-electron chi connectivity index (χ4n) is 3.83. The number of benzene rings is 2. The molecule has 0 saturated heterocycles. The summed E-state index contributed by atoms with van der Waals surface area (Å²) in [6, 6.07) is 17.6. The van der Waals surface area contributed by atoms with Crippen molar-refractivity contribution in [2.24, 2.45) is 0 Å². The van der Waals surface area contributed by atoms with Gasteiger partial charge in [0.25, 0.3) is 5.56 Å². The van der Waals surface area contributed by atoms with Crippen LogP contribution in [-0.2, 0) is 17.8 Å². The van der Waals surface area contributed by atoms with Crippen LogP contribution in [0.15, 0.2) is 65.6 Å². The van der Waals surface area contributed by atoms with Gasteiger partial charge in [0.15, 0.2) is 0 Å². The number of ether oxygens (including phenoxy) is 3. The monoisotopic (exact) mass is 489 g/mol. The van der Waals surface area contributed by atoms with Gasteiger partial charge in [0.2, 0.25) is 5.95 Å². The van der Waals surface area contributed by atoms with Crippen LogP contribution >= 0.6 is 0 Å². The molecular formula is C27H31N5O4. The molecule has 0 saturated carbocycles. The Kier molecular flexibility index (Phi) is 8.36. The zero-order valence-electron chi connectivity index (χ0n) is 20.8. The van der Waals surface area contributed by atoms with Crippen molar-refractivity contribution in [3.05, 3.63) is 82.3 Å². The summed E-state index contributed by atoms with van der Waals surface area (Å²) in [4.78, 5) is 27.0. The van der Waals surface area contributed by atoms with Crippen LogP contribution in [-0.4, -0.2) is 48.9 Å². The Balaban J connectivity index is 1.73. The number of fused-ring (bicyclic) bond motifs is 1. The van der Waals surface area contributed by atoms with Gasteiger partial charge in [-0.05, 0) is 48.4 Å². The Hall–Kier alpha value is -4.11. The minimum atomic E-state index is -0.241. The van der Waals surface area contributed by atoms with Crippen LogP contribution in [0.1, 0.15) is 18.1 Å². The van der Waals surface area contributed by atoms with Gasteiger partial charge in [-0.25, -0.2) is 4.98 Å². The Labute approximate surface area is 210 Å². The standard InChI is InChI=1S/C27H31N5O4/c1-4-36-16-15-28-25-24-23(13-14-29-26(24)33)30-27(31-25)32(17-19-5-9-21(34-2)10-6-19)18-20-7-11-22(35-3)12-8-20/h5-14H,4,15-18H2,1-3H3,(H,29,33)(H,28,30,31). The molecule has 2 N–H and O–H groups in total. The van der Waals surface area contributed by atoms with E-state index in [0.29, 0.717) is 55.5 Å². The molecule has 0 atom stereocenters. The average molecular weight is 490 g/mol. The summed E-state index contributed by atoms with van der Waals surface area (Å²) in [6.07, 6.45) is 1.60. The van der Waals surface area contributed by atoms with Crippen molar-refractivity contribution < 1.29 is 14.2 Å². The zero-order chi connectivity index (χ0) is 25.3. The molecule has 0 bridgehead atoms. The number of H-pyrrole nitrogens is 1. The van der Waals surface area contributed by atoms with Gasteiger partial charge >= 0.3 is 0 Å². The number of nitrogens with zero attached hydrogens (tertiary/aromatic N) is 3. The molecule has 9 heteroatoms. The van der Waals surface area contributed by atoms with Crippen molar-refractivity contribution in [2.45, 2.75) is 20.0 Å². The summed E-state index contributed by atoms with van der Waals surface area (Å²) in [5.74, 6) is 2.58. The highest BCUT2D eigenvalue weighted by Gasteiger charge is 2.17. The van der Waals surface area contributed by atoms with E-state index in [4.69, 9.17) is 24.2 Å². The third-order valence-electron chi connectivity index (χ3n) is 5.70. The minimum Gasteiger partial charge on any atom is -0.497 e. The van der Waals surface area contributed by atoms with E-state index in [-0.39, 0.29) is 5.56 Å². The van der Waals surface area contributed by atoms with E-state index in [1.807, 2.05) is 55.5 Å². The van der Waals surface area contributed by atoms with Crippen LogP contribution in [0.3, 0.4) is 0 Å². The molecule has 0 aliphatic carbocycles. The maximum atomic E-state index is 12.6. The van der Waals surface area contributed by atoms with Crippen LogP contribution in [0.4, 0.5) is 11.8 Å². The maximum absolute atomic E-state index is 12.6. The van der Waals surface area contributed by atoms with E-state index in [9.17, 15) is 4.79 Å². The number of pyridine rings is 1. The van der Waals surface area contributed by atoms with Gasteiger partial charge in [0.05, 0.1) is 26.3 Å². The van der Waals surface area contributed by atoms with Crippen LogP contribution in [0, 0.1) is 0 Å². The van der Waals surface area contributed by atoms with Gasteiger partial charge in [0, 0.05) is 32.4 Å². The lowest BCUT2D eigenvalue weighted by Crippen LogP contribution is -2.25. The molecule has 0 spiro atoms. The lowest BCUT2D eigenvalue weighted by atomic mass is 10.1. The van der Waals surface area contributed by atoms with Crippen LogP contribution in [0.5, 0.6) is 11.5 Å². The molecular weight excluding hydrogens is 458 g/mol. The fourth-order valence-corrected chi connectivity index (χ4v) is 3.83. The third-order valence-corrected chi connectivity index (χ3v) is 5.70. The highest BCUT2D eigenvalue weighted by Crippen LogP contribution is 2.24. The van der Waals surface area contributed by atoms with Gasteiger partial charge in [-0.1, -0.05) is 24.3 Å². The lowest BCUT2D eigenvalue weighted by Gasteiger charge is -2.24. The predicted octanol–water partition coefficient (Wildman–Crippen LogP) is 3.99. The molecule has 0 radical (unpaired) electrons. The number of hydrogen-bond donors (Lipinski definition) is 2. The zero-order valence-corrected chi connectivity index (χ0v) is 20.8. The third kappa shape index (κ3) is 6.11. The Bertz CT molecular complexity index is 1270. The minimum absolute atomic E-state index is 0.241. The maximum Gasteiger partial charge on any atom is 0.261 e. The average Bonchev–Trinajstić information content (AvgIpc) is 2.91. The van der Waals surface area contributed by atoms with Gasteiger partial charge in [-0.2, -0.15) is 4.98 Å². The van der Waals surface area contributed by atoms with Crippen molar-refractivity contribution in [2.75, 3.05) is 44.2 Å². The molecule has 4 aromatic rings. The van der Waals surface area contributed by atoms with Crippen LogP contribution in [0.25, 0.3) is 10.9 Å². The number of anilines is 2. The first-order valence-corrected chi connectivity index (χ1v) is 11.8. The quantitative estimate of drug-likeness (QED) is 0.288. The largest absolute Gasteiger partial charge is 0.497 e. The second-order valence-electron chi connectivity index (χ2n) is 8.12. The van der Waals surface area contributed by atoms with E-state index >= 15 is 0 Å². The predicted molar refractivity (Wildman–Crippen MR) is 141 cm³/mol. The molecule has 4 rings (SSSR count). The van der Waals surface area contributed by atoms with Gasteiger partial charge in [0.1, 0.15) is 22.7 Å². The number of hydrogen-bond acceptors (Lipinski definition) is 8. The van der Waals surface area contributed by atoms with E-state index in [0.717, 1.165) is 22.6 Å². The highest BCUT2D eigenvalue weighted by atomic mass is 16.5. The van der Waals surface area contributed by atoms with E-state index in [2.05, 4.69) is 15.2 Å². The SMILES string of the molecule is CCOCCNc1nc(N(Cc2ccc(OC)cc2)Cc2ccc(OC)cc2)nc2cc[nH]c(=O)c12. The number of nitrogens with one attached hydrogen (secondary N) is 2.